The highest BCUT2D eigenvalue weighted by Crippen LogP contribution is 2.42. The number of hydrogen-bond acceptors (Lipinski definition) is 4. The first kappa shape index (κ1) is 27.2. The molecular formula is C34H30FN3O4. The minimum absolute atomic E-state index is 0.121. The maximum Gasteiger partial charge on any atom is 0.253 e. The number of aliphatic hydroxyl groups is 1. The van der Waals surface area contributed by atoms with Crippen LogP contribution in [0.5, 0.6) is 5.75 Å². The van der Waals surface area contributed by atoms with E-state index in [4.69, 9.17) is 4.74 Å². The first-order chi connectivity index (χ1) is 20.3. The molecule has 2 amide bonds. The van der Waals surface area contributed by atoms with Gasteiger partial charge in [0.2, 0.25) is 0 Å². The Morgan fingerprint density at radius 3 is 2.55 bits per heavy atom. The minimum atomic E-state index is -0.579. The fourth-order valence-corrected chi connectivity index (χ4v) is 5.51. The van der Waals surface area contributed by atoms with Crippen molar-refractivity contribution in [1.82, 2.24) is 15.2 Å². The van der Waals surface area contributed by atoms with Gasteiger partial charge in [0.25, 0.3) is 11.8 Å². The highest BCUT2D eigenvalue weighted by molar-refractivity contribution is 6.04. The molecule has 1 aromatic heterocycles. The monoisotopic (exact) mass is 563 g/mol. The van der Waals surface area contributed by atoms with E-state index in [2.05, 4.69) is 10.3 Å². The summed E-state index contributed by atoms with van der Waals surface area (Å²) in [6, 6.07) is 22.4. The maximum absolute atomic E-state index is 15.1. The predicted molar refractivity (Wildman–Crippen MR) is 160 cm³/mol. The number of aromatic amines is 1. The molecular weight excluding hydrogens is 533 g/mol. The number of halogens is 1. The molecule has 42 heavy (non-hydrogen) atoms. The Bertz CT molecular complexity index is 1830. The molecule has 0 spiro atoms. The number of rotatable bonds is 7. The molecule has 8 heteroatoms. The molecule has 1 aliphatic rings. The molecule has 7 nitrogen and oxygen atoms in total. The van der Waals surface area contributed by atoms with Crippen LogP contribution in [0.15, 0.2) is 85.1 Å². The van der Waals surface area contributed by atoms with Gasteiger partial charge >= 0.3 is 0 Å². The topological polar surface area (TPSA) is 94.7 Å². The van der Waals surface area contributed by atoms with Crippen molar-refractivity contribution in [3.63, 3.8) is 0 Å². The number of carbonyl (C=O) groups is 2. The van der Waals surface area contributed by atoms with Crippen molar-refractivity contribution in [2.75, 3.05) is 20.7 Å². The summed E-state index contributed by atoms with van der Waals surface area (Å²) in [5.41, 5.74) is 5.70. The first-order valence-electron chi connectivity index (χ1n) is 13.7. The van der Waals surface area contributed by atoms with Crippen LogP contribution in [-0.4, -0.2) is 53.5 Å². The number of benzene rings is 4. The number of aliphatic hydroxyl groups excluding tert-OH is 1. The number of fused-ring (bicyclic) bond motifs is 4. The number of carbonyl (C=O) groups excluding carboxylic acids is 2. The molecule has 212 valence electrons. The third-order valence-corrected chi connectivity index (χ3v) is 7.66. The van der Waals surface area contributed by atoms with Crippen LogP contribution in [0.25, 0.3) is 33.2 Å². The third-order valence-electron chi connectivity index (χ3n) is 7.66. The molecule has 5 aromatic rings. The van der Waals surface area contributed by atoms with Crippen LogP contribution in [0, 0.1) is 5.82 Å². The van der Waals surface area contributed by atoms with E-state index in [1.807, 2.05) is 36.5 Å². The standard InChI is InChI=1S/C34H30FN3O4/c1-38(2)34(41)20-11-12-24-22(13-20)19-42-32-16-27(26-8-3-5-9-30(26)35)29(15-28(24)32)33(40)37-23(18-39)14-21-17-36-31-10-6-4-7-25(21)31/h3-13,15-17,23,36,39H,14,18-19H2,1-2H3,(H,37,40). The van der Waals surface area contributed by atoms with E-state index < -0.39 is 17.8 Å². The molecule has 1 aliphatic heterocycles. The van der Waals surface area contributed by atoms with Crippen LogP contribution in [0.3, 0.4) is 0 Å². The molecule has 0 saturated carbocycles. The summed E-state index contributed by atoms with van der Waals surface area (Å²) >= 11 is 0. The first-order valence-corrected chi connectivity index (χ1v) is 13.7. The Morgan fingerprint density at radius 1 is 0.976 bits per heavy atom. The number of ether oxygens (including phenoxy) is 1. The molecule has 6 rings (SSSR count). The van der Waals surface area contributed by atoms with Crippen molar-refractivity contribution >= 4 is 22.7 Å². The van der Waals surface area contributed by atoms with E-state index in [0.717, 1.165) is 27.6 Å². The van der Waals surface area contributed by atoms with E-state index in [1.165, 1.54) is 11.0 Å². The largest absolute Gasteiger partial charge is 0.488 e. The van der Waals surface area contributed by atoms with Gasteiger partial charge in [0.05, 0.1) is 12.6 Å². The summed E-state index contributed by atoms with van der Waals surface area (Å²) in [4.78, 5) is 31.2. The van der Waals surface area contributed by atoms with E-state index >= 15 is 4.39 Å². The van der Waals surface area contributed by atoms with Crippen LogP contribution in [0.1, 0.15) is 31.8 Å². The highest BCUT2D eigenvalue weighted by Gasteiger charge is 2.26. The fourth-order valence-electron chi connectivity index (χ4n) is 5.51. The maximum atomic E-state index is 15.1. The molecule has 3 N–H and O–H groups in total. The Balaban J connectivity index is 1.39. The lowest BCUT2D eigenvalue weighted by Gasteiger charge is -2.25. The number of nitrogens with one attached hydrogen (secondary N) is 2. The molecule has 2 heterocycles. The van der Waals surface area contributed by atoms with Crippen LogP contribution in [0.4, 0.5) is 4.39 Å². The third kappa shape index (κ3) is 5.01. The molecule has 0 radical (unpaired) electrons. The number of aromatic nitrogens is 1. The van der Waals surface area contributed by atoms with Crippen LogP contribution < -0.4 is 10.1 Å². The Labute approximate surface area is 242 Å². The lowest BCUT2D eigenvalue weighted by atomic mass is 9.89. The minimum Gasteiger partial charge on any atom is -0.488 e. The van der Waals surface area contributed by atoms with Crippen molar-refractivity contribution in [3.05, 3.63) is 113 Å². The SMILES string of the molecule is CN(C)C(=O)c1ccc2c(c1)COc1cc(-c3ccccc3F)c(C(=O)NC(CO)Cc3c[nH]c4ccccc34)cc1-2. The van der Waals surface area contributed by atoms with Crippen molar-refractivity contribution in [2.24, 2.45) is 0 Å². The number of para-hydroxylation sites is 1. The lowest BCUT2D eigenvalue weighted by Crippen LogP contribution is -2.39. The second kappa shape index (κ2) is 11.1. The van der Waals surface area contributed by atoms with Gasteiger partial charge in [-0.25, -0.2) is 4.39 Å². The highest BCUT2D eigenvalue weighted by atomic mass is 19.1. The van der Waals surface area contributed by atoms with Gasteiger partial charge in [-0.2, -0.15) is 0 Å². The fraction of sp³-hybridized carbons (Fsp3) is 0.176. The zero-order chi connectivity index (χ0) is 29.4. The average molecular weight is 564 g/mol. The molecule has 0 saturated heterocycles. The van der Waals surface area contributed by atoms with Gasteiger partial charge in [0, 0.05) is 59.0 Å². The van der Waals surface area contributed by atoms with Crippen LogP contribution in [-0.2, 0) is 13.0 Å². The summed E-state index contributed by atoms with van der Waals surface area (Å²) in [6.45, 7) is -0.0454. The van der Waals surface area contributed by atoms with Gasteiger partial charge in [-0.15, -0.1) is 0 Å². The summed E-state index contributed by atoms with van der Waals surface area (Å²) < 4.78 is 21.1. The quantitative estimate of drug-likeness (QED) is 0.241. The number of H-pyrrole nitrogens is 1. The molecule has 0 bridgehead atoms. The van der Waals surface area contributed by atoms with E-state index in [1.54, 1.807) is 56.6 Å². The van der Waals surface area contributed by atoms with Crippen molar-refractivity contribution in [2.45, 2.75) is 19.1 Å². The summed E-state index contributed by atoms with van der Waals surface area (Å²) in [5.74, 6) is -0.515. The average Bonchev–Trinajstić information content (AvgIpc) is 3.42. The van der Waals surface area contributed by atoms with Crippen molar-refractivity contribution in [3.8, 4) is 28.0 Å². The number of hydrogen-bond donors (Lipinski definition) is 3. The summed E-state index contributed by atoms with van der Waals surface area (Å²) in [7, 11) is 3.39. The summed E-state index contributed by atoms with van der Waals surface area (Å²) in [5, 5.41) is 14.2. The normalized spacial score (nSPS) is 12.7. The van der Waals surface area contributed by atoms with Gasteiger partial charge < -0.3 is 25.0 Å². The molecule has 0 aliphatic carbocycles. The Hall–Kier alpha value is -4.95. The number of nitrogens with zero attached hydrogens (tertiary/aromatic N) is 1. The van der Waals surface area contributed by atoms with Gasteiger partial charge in [-0.1, -0.05) is 42.5 Å². The van der Waals surface area contributed by atoms with Crippen molar-refractivity contribution in [1.29, 1.82) is 0 Å². The second-order valence-electron chi connectivity index (χ2n) is 10.7. The van der Waals surface area contributed by atoms with E-state index in [0.29, 0.717) is 28.9 Å². The lowest BCUT2D eigenvalue weighted by molar-refractivity contribution is 0.0827. The molecule has 0 fully saturated rings. The Kier molecular flexibility index (Phi) is 7.22. The van der Waals surface area contributed by atoms with E-state index in [-0.39, 0.29) is 30.2 Å². The van der Waals surface area contributed by atoms with E-state index in [9.17, 15) is 14.7 Å². The smallest absolute Gasteiger partial charge is 0.253 e. The zero-order valence-corrected chi connectivity index (χ0v) is 23.3. The second-order valence-corrected chi connectivity index (χ2v) is 10.7. The molecule has 1 atom stereocenters. The Morgan fingerprint density at radius 2 is 1.76 bits per heavy atom. The van der Waals surface area contributed by atoms with Gasteiger partial charge in [0.15, 0.2) is 0 Å². The van der Waals surface area contributed by atoms with Gasteiger partial charge in [-0.3, -0.25) is 9.59 Å². The van der Waals surface area contributed by atoms with Crippen LogP contribution >= 0.6 is 0 Å². The number of amides is 2. The van der Waals surface area contributed by atoms with Gasteiger partial charge in [-0.05, 0) is 59.5 Å². The van der Waals surface area contributed by atoms with Crippen LogP contribution in [0.2, 0.25) is 0 Å². The van der Waals surface area contributed by atoms with Crippen molar-refractivity contribution < 1.29 is 23.8 Å². The molecule has 1 unspecified atom stereocenters. The summed E-state index contributed by atoms with van der Waals surface area (Å²) in [6.07, 6.45) is 2.29. The predicted octanol–water partition coefficient (Wildman–Crippen LogP) is 5.57. The molecule has 4 aromatic carbocycles. The van der Waals surface area contributed by atoms with Gasteiger partial charge in [0.1, 0.15) is 18.2 Å². The zero-order valence-electron chi connectivity index (χ0n) is 23.3.